The van der Waals surface area contributed by atoms with Gasteiger partial charge in [0, 0.05) is 6.04 Å². The van der Waals surface area contributed by atoms with Crippen LogP contribution in [0.25, 0.3) is 0 Å². The van der Waals surface area contributed by atoms with E-state index in [1.165, 1.54) is 13.8 Å². The van der Waals surface area contributed by atoms with Gasteiger partial charge in [-0.1, -0.05) is 12.1 Å². The van der Waals surface area contributed by atoms with Crippen LogP contribution in [-0.2, 0) is 14.8 Å². The van der Waals surface area contributed by atoms with Gasteiger partial charge >= 0.3 is 0 Å². The van der Waals surface area contributed by atoms with E-state index in [2.05, 4.69) is 27.4 Å². The van der Waals surface area contributed by atoms with Crippen molar-refractivity contribution < 1.29 is 17.7 Å². The first-order valence-corrected chi connectivity index (χ1v) is 9.17. The van der Waals surface area contributed by atoms with E-state index >= 15 is 0 Å². The molecule has 1 saturated heterocycles. The van der Waals surface area contributed by atoms with Crippen molar-refractivity contribution in [3.63, 3.8) is 0 Å². The van der Waals surface area contributed by atoms with Gasteiger partial charge in [0.2, 0.25) is 15.9 Å². The van der Waals surface area contributed by atoms with E-state index < -0.39 is 16.1 Å². The largest absolute Gasteiger partial charge is 0.360 e. The molecule has 8 nitrogen and oxygen atoms in total. The molecule has 0 aliphatic carbocycles. The molecule has 1 aliphatic rings. The van der Waals surface area contributed by atoms with Gasteiger partial charge in [0.15, 0.2) is 5.76 Å². The third-order valence-corrected chi connectivity index (χ3v) is 5.86. The molecule has 23 heavy (non-hydrogen) atoms. The van der Waals surface area contributed by atoms with Gasteiger partial charge in [-0.2, -0.15) is 4.72 Å². The lowest BCUT2D eigenvalue weighted by atomic mass is 9.95. The van der Waals surface area contributed by atoms with Crippen molar-refractivity contribution in [1.29, 1.82) is 0 Å². The Morgan fingerprint density at radius 3 is 2.70 bits per heavy atom. The molecular weight excluding hydrogens is 320 g/mol. The zero-order valence-corrected chi connectivity index (χ0v) is 14.7. The van der Waals surface area contributed by atoms with E-state index in [1.54, 1.807) is 6.92 Å². The Kier molecular flexibility index (Phi) is 5.43. The summed E-state index contributed by atoms with van der Waals surface area (Å²) in [7, 11) is -3.86. The summed E-state index contributed by atoms with van der Waals surface area (Å²) in [5.74, 6) is 0.174. The highest BCUT2D eigenvalue weighted by atomic mass is 32.2. The molecule has 1 aliphatic heterocycles. The quantitative estimate of drug-likeness (QED) is 0.697. The van der Waals surface area contributed by atoms with Gasteiger partial charge in [-0.3, -0.25) is 4.79 Å². The van der Waals surface area contributed by atoms with E-state index in [0.29, 0.717) is 5.92 Å². The minimum atomic E-state index is -3.86. The summed E-state index contributed by atoms with van der Waals surface area (Å²) in [6.45, 7) is 8.33. The fourth-order valence-electron chi connectivity index (χ4n) is 2.74. The normalized spacial score (nSPS) is 23.5. The van der Waals surface area contributed by atoms with Crippen molar-refractivity contribution in [3.8, 4) is 0 Å². The molecule has 1 fully saturated rings. The first kappa shape index (κ1) is 17.9. The fourth-order valence-corrected chi connectivity index (χ4v) is 4.27. The van der Waals surface area contributed by atoms with Gasteiger partial charge in [-0.15, -0.1) is 0 Å². The van der Waals surface area contributed by atoms with Crippen molar-refractivity contribution in [2.45, 2.75) is 51.1 Å². The fraction of sp³-hybridized carbons (Fsp3) is 0.714. The molecule has 1 aromatic heterocycles. The average molecular weight is 344 g/mol. The van der Waals surface area contributed by atoms with Gasteiger partial charge in [-0.05, 0) is 46.2 Å². The van der Waals surface area contributed by atoms with E-state index in [-0.39, 0.29) is 28.3 Å². The number of piperidine rings is 1. The highest BCUT2D eigenvalue weighted by molar-refractivity contribution is 7.89. The maximum absolute atomic E-state index is 12.4. The van der Waals surface area contributed by atoms with Crippen LogP contribution in [0.5, 0.6) is 0 Å². The summed E-state index contributed by atoms with van der Waals surface area (Å²) in [5.41, 5.74) is 0.273. The summed E-state index contributed by atoms with van der Waals surface area (Å²) < 4.78 is 32.1. The molecule has 0 saturated carbocycles. The average Bonchev–Trinajstić information content (AvgIpc) is 2.80. The van der Waals surface area contributed by atoms with Crippen LogP contribution >= 0.6 is 0 Å². The second-order valence-electron chi connectivity index (χ2n) is 6.08. The summed E-state index contributed by atoms with van der Waals surface area (Å²) >= 11 is 0. The third kappa shape index (κ3) is 4.10. The molecule has 0 aromatic carbocycles. The number of nitrogens with zero attached hydrogens (tertiary/aromatic N) is 1. The molecule has 2 rings (SSSR count). The molecule has 3 N–H and O–H groups in total. The van der Waals surface area contributed by atoms with Crippen LogP contribution in [0.1, 0.15) is 31.7 Å². The van der Waals surface area contributed by atoms with Crippen molar-refractivity contribution in [1.82, 2.24) is 20.5 Å². The predicted molar refractivity (Wildman–Crippen MR) is 84.3 cm³/mol. The molecule has 0 radical (unpaired) electrons. The van der Waals surface area contributed by atoms with Crippen LogP contribution in [0, 0.1) is 19.8 Å². The molecule has 130 valence electrons. The predicted octanol–water partition coefficient (Wildman–Crippen LogP) is 0.0724. The Hall–Kier alpha value is -1.45. The number of nitrogens with one attached hydrogen (secondary N) is 3. The van der Waals surface area contributed by atoms with Crippen molar-refractivity contribution in [3.05, 3.63) is 11.5 Å². The molecular formula is C14H24N4O4S. The lowest BCUT2D eigenvalue weighted by Crippen LogP contribution is -2.53. The van der Waals surface area contributed by atoms with Crippen LogP contribution in [0.15, 0.2) is 9.42 Å². The number of sulfonamides is 1. The van der Waals surface area contributed by atoms with Crippen molar-refractivity contribution in [2.24, 2.45) is 5.92 Å². The van der Waals surface area contributed by atoms with Gasteiger partial charge in [-0.25, -0.2) is 8.42 Å². The molecule has 1 amide bonds. The lowest BCUT2D eigenvalue weighted by molar-refractivity contribution is -0.123. The van der Waals surface area contributed by atoms with Crippen LogP contribution in [-0.4, -0.2) is 44.7 Å². The number of carbonyl (C=O) groups is 1. The molecule has 3 unspecified atom stereocenters. The van der Waals surface area contributed by atoms with E-state index in [9.17, 15) is 13.2 Å². The summed E-state index contributed by atoms with van der Waals surface area (Å²) in [5, 5.41) is 9.81. The minimum Gasteiger partial charge on any atom is -0.360 e. The standard InChI is InChI=1S/C14H24N4O4S/c1-8-7-15-6-5-12(8)16-14(19)10(3)18-23(20,21)13-9(2)17-22-11(13)4/h8,10,12,15,18H,5-7H2,1-4H3,(H,16,19). The number of rotatable bonds is 5. The number of hydrogen-bond donors (Lipinski definition) is 3. The lowest BCUT2D eigenvalue weighted by Gasteiger charge is -2.31. The smallest absolute Gasteiger partial charge is 0.246 e. The monoisotopic (exact) mass is 344 g/mol. The van der Waals surface area contributed by atoms with E-state index in [0.717, 1.165) is 19.5 Å². The second-order valence-corrected chi connectivity index (χ2v) is 7.73. The second kappa shape index (κ2) is 6.98. The maximum Gasteiger partial charge on any atom is 0.246 e. The zero-order valence-electron chi connectivity index (χ0n) is 13.8. The number of aromatic nitrogens is 1. The first-order valence-electron chi connectivity index (χ1n) is 7.68. The van der Waals surface area contributed by atoms with Crippen molar-refractivity contribution in [2.75, 3.05) is 13.1 Å². The summed E-state index contributed by atoms with van der Waals surface area (Å²) in [4.78, 5) is 12.3. The number of amides is 1. The molecule has 0 bridgehead atoms. The SMILES string of the molecule is Cc1noc(C)c1S(=O)(=O)NC(C)C(=O)NC1CCNCC1C. The van der Waals surface area contributed by atoms with Crippen LogP contribution in [0.4, 0.5) is 0 Å². The molecule has 9 heteroatoms. The topological polar surface area (TPSA) is 113 Å². The Bertz CT molecular complexity index is 651. The minimum absolute atomic E-state index is 0.00705. The van der Waals surface area contributed by atoms with Gasteiger partial charge in [0.25, 0.3) is 0 Å². The first-order chi connectivity index (χ1) is 10.7. The summed E-state index contributed by atoms with van der Waals surface area (Å²) in [6.07, 6.45) is 0.830. The Labute approximate surface area is 136 Å². The van der Waals surface area contributed by atoms with Crippen molar-refractivity contribution >= 4 is 15.9 Å². The van der Waals surface area contributed by atoms with E-state index in [4.69, 9.17) is 4.52 Å². The highest BCUT2D eigenvalue weighted by Gasteiger charge is 2.30. The molecule has 0 spiro atoms. The van der Waals surface area contributed by atoms with Crippen LogP contribution in [0.3, 0.4) is 0 Å². The number of aryl methyl sites for hydroxylation is 2. The van der Waals surface area contributed by atoms with Crippen LogP contribution < -0.4 is 15.4 Å². The maximum atomic E-state index is 12.4. The molecule has 2 heterocycles. The number of hydrogen-bond acceptors (Lipinski definition) is 6. The zero-order chi connectivity index (χ0) is 17.2. The number of carbonyl (C=O) groups excluding carboxylic acids is 1. The Morgan fingerprint density at radius 2 is 2.13 bits per heavy atom. The molecule has 3 atom stereocenters. The Morgan fingerprint density at radius 1 is 1.43 bits per heavy atom. The van der Waals surface area contributed by atoms with Crippen LogP contribution in [0.2, 0.25) is 0 Å². The Balaban J connectivity index is 2.03. The molecule has 1 aromatic rings. The highest BCUT2D eigenvalue weighted by Crippen LogP contribution is 2.19. The van der Waals surface area contributed by atoms with Gasteiger partial charge in [0.05, 0.1) is 6.04 Å². The van der Waals surface area contributed by atoms with E-state index in [1.807, 2.05) is 0 Å². The summed E-state index contributed by atoms with van der Waals surface area (Å²) in [6, 6.07) is -0.828. The van der Waals surface area contributed by atoms with Gasteiger partial charge in [0.1, 0.15) is 10.6 Å². The van der Waals surface area contributed by atoms with Gasteiger partial charge < -0.3 is 15.2 Å². The third-order valence-electron chi connectivity index (χ3n) is 4.07.